The van der Waals surface area contributed by atoms with Crippen molar-refractivity contribution >= 4 is 16.9 Å². The predicted molar refractivity (Wildman–Crippen MR) is 113 cm³/mol. The van der Waals surface area contributed by atoms with E-state index in [1.807, 2.05) is 18.2 Å². The number of fused-ring (bicyclic) bond motifs is 2. The maximum atomic E-state index is 15.0. The molecule has 2 aliphatic heterocycles. The van der Waals surface area contributed by atoms with E-state index in [1.54, 1.807) is 29.7 Å². The van der Waals surface area contributed by atoms with E-state index >= 15 is 0 Å². The molecule has 0 saturated heterocycles. The second kappa shape index (κ2) is 7.27. The molecule has 0 bridgehead atoms. The van der Waals surface area contributed by atoms with E-state index in [0.29, 0.717) is 6.54 Å². The predicted octanol–water partition coefficient (Wildman–Crippen LogP) is 3.34. The van der Waals surface area contributed by atoms with E-state index in [4.69, 9.17) is 15.2 Å². The lowest BCUT2D eigenvalue weighted by Gasteiger charge is -2.31. The average Bonchev–Trinajstić information content (AvgIpc) is 2.77. The highest BCUT2D eigenvalue weighted by Crippen LogP contribution is 2.45. The van der Waals surface area contributed by atoms with Crippen molar-refractivity contribution < 1.29 is 18.7 Å². The van der Waals surface area contributed by atoms with Gasteiger partial charge in [0.25, 0.3) is 5.56 Å². The Morgan fingerprint density at radius 3 is 2.84 bits per heavy atom. The van der Waals surface area contributed by atoms with Crippen LogP contribution in [0.1, 0.15) is 36.0 Å². The van der Waals surface area contributed by atoms with E-state index in [9.17, 15) is 14.0 Å². The fraction of sp³-hybridized carbons (Fsp3) is 0.250. The second-order valence-electron chi connectivity index (χ2n) is 7.67. The van der Waals surface area contributed by atoms with Crippen LogP contribution in [0.25, 0.3) is 10.9 Å². The van der Waals surface area contributed by atoms with Crippen molar-refractivity contribution in [2.24, 2.45) is 5.73 Å². The summed E-state index contributed by atoms with van der Waals surface area (Å²) in [5.74, 6) is -2.21. The van der Waals surface area contributed by atoms with Gasteiger partial charge in [0, 0.05) is 17.5 Å². The highest BCUT2D eigenvalue weighted by molar-refractivity contribution is 5.96. The molecule has 3 aromatic rings. The number of rotatable bonds is 3. The summed E-state index contributed by atoms with van der Waals surface area (Å²) >= 11 is 0. The average molecular weight is 420 g/mol. The molecule has 6 nitrogen and oxygen atoms in total. The Labute approximate surface area is 177 Å². The lowest BCUT2D eigenvalue weighted by molar-refractivity contribution is -0.139. The molecule has 0 fully saturated rings. The number of hydrogen-bond donors (Lipinski definition) is 1. The van der Waals surface area contributed by atoms with Crippen LogP contribution in [0.2, 0.25) is 0 Å². The van der Waals surface area contributed by atoms with Crippen LogP contribution < -0.4 is 16.0 Å². The van der Waals surface area contributed by atoms with Crippen molar-refractivity contribution in [1.82, 2.24) is 4.57 Å². The minimum Gasteiger partial charge on any atom is -0.462 e. The van der Waals surface area contributed by atoms with Gasteiger partial charge in [-0.15, -0.1) is 0 Å². The number of carbonyl (C=O) groups is 1. The first kappa shape index (κ1) is 19.4. The number of hydrogen-bond acceptors (Lipinski definition) is 5. The zero-order valence-electron chi connectivity index (χ0n) is 17.0. The Morgan fingerprint density at radius 1 is 1.26 bits per heavy atom. The third-order valence-corrected chi connectivity index (χ3v) is 5.95. The molecule has 0 radical (unpaired) electrons. The molecule has 158 valence electrons. The molecule has 0 saturated carbocycles. The lowest BCUT2D eigenvalue weighted by Crippen LogP contribution is -2.36. The molecule has 2 N–H and O–H groups in total. The fourth-order valence-electron chi connectivity index (χ4n) is 4.69. The number of benzene rings is 2. The highest BCUT2D eigenvalue weighted by Gasteiger charge is 2.40. The summed E-state index contributed by atoms with van der Waals surface area (Å²) in [4.78, 5) is 26.6. The first-order valence-corrected chi connectivity index (χ1v) is 10.3. The normalized spacial score (nSPS) is 17.3. The highest BCUT2D eigenvalue weighted by atomic mass is 19.1. The van der Waals surface area contributed by atoms with Crippen LogP contribution in [-0.2, 0) is 22.5 Å². The Morgan fingerprint density at radius 2 is 2.06 bits per heavy atom. The summed E-state index contributed by atoms with van der Waals surface area (Å²) < 4.78 is 27.7. The largest absolute Gasteiger partial charge is 0.462 e. The van der Waals surface area contributed by atoms with Gasteiger partial charge >= 0.3 is 5.97 Å². The number of nitrogens with two attached hydrogens (primary N) is 1. The summed E-state index contributed by atoms with van der Waals surface area (Å²) in [7, 11) is 0. The van der Waals surface area contributed by atoms with Crippen LogP contribution in [0.4, 0.5) is 4.39 Å². The summed E-state index contributed by atoms with van der Waals surface area (Å²) in [5.41, 5.74) is 8.05. The van der Waals surface area contributed by atoms with Crippen LogP contribution >= 0.6 is 0 Å². The van der Waals surface area contributed by atoms with Gasteiger partial charge in [0.1, 0.15) is 17.1 Å². The summed E-state index contributed by atoms with van der Waals surface area (Å²) in [6.45, 7) is 2.31. The Kier molecular flexibility index (Phi) is 4.54. The van der Waals surface area contributed by atoms with Gasteiger partial charge in [-0.3, -0.25) is 4.79 Å². The molecule has 3 heterocycles. The Bertz CT molecular complexity index is 1330. The monoisotopic (exact) mass is 420 g/mol. The minimum atomic E-state index is -1.03. The number of carbonyl (C=O) groups excluding carboxylic acids is 1. The molecule has 1 unspecified atom stereocenters. The van der Waals surface area contributed by atoms with Gasteiger partial charge in [0.2, 0.25) is 5.88 Å². The van der Waals surface area contributed by atoms with Crippen LogP contribution in [0.3, 0.4) is 0 Å². The van der Waals surface area contributed by atoms with Crippen molar-refractivity contribution in [3.63, 3.8) is 0 Å². The van der Waals surface area contributed by atoms with Crippen LogP contribution in [0, 0.1) is 5.82 Å². The quantitative estimate of drug-likeness (QED) is 0.657. The first-order valence-electron chi connectivity index (χ1n) is 10.3. The topological polar surface area (TPSA) is 83.6 Å². The van der Waals surface area contributed by atoms with Gasteiger partial charge in [0.05, 0.1) is 23.6 Å². The third-order valence-electron chi connectivity index (χ3n) is 5.95. The van der Waals surface area contributed by atoms with Crippen molar-refractivity contribution in [2.75, 3.05) is 6.61 Å². The number of halogens is 1. The minimum absolute atomic E-state index is 0.0596. The maximum absolute atomic E-state index is 15.0. The second-order valence-corrected chi connectivity index (χ2v) is 7.67. The van der Waals surface area contributed by atoms with Crippen LogP contribution in [0.5, 0.6) is 5.75 Å². The number of aromatic nitrogens is 1. The summed E-state index contributed by atoms with van der Waals surface area (Å²) in [5, 5.41) is 0.721. The number of ether oxygens (including phenoxy) is 2. The number of aryl methyl sites for hydroxylation is 2. The SMILES string of the molecule is CCOC(=O)C1=C(N)Oc2c(c(=O)n3c4c(cccc24)CCC3)C1c1ccccc1F. The number of nitrogens with zero attached hydrogens (tertiary/aromatic N) is 1. The van der Waals surface area contributed by atoms with Crippen LogP contribution in [-0.4, -0.2) is 17.1 Å². The molecule has 1 aromatic heterocycles. The van der Waals surface area contributed by atoms with Gasteiger partial charge in [-0.2, -0.15) is 0 Å². The molecule has 31 heavy (non-hydrogen) atoms. The first-order chi connectivity index (χ1) is 15.0. The van der Waals surface area contributed by atoms with Gasteiger partial charge < -0.3 is 19.8 Å². The van der Waals surface area contributed by atoms with Crippen molar-refractivity contribution in [1.29, 1.82) is 0 Å². The smallest absolute Gasteiger partial charge is 0.340 e. The Hall–Kier alpha value is -3.61. The van der Waals surface area contributed by atoms with Crippen molar-refractivity contribution in [2.45, 2.75) is 32.2 Å². The van der Waals surface area contributed by atoms with Gasteiger partial charge in [-0.1, -0.05) is 30.3 Å². The van der Waals surface area contributed by atoms with E-state index in [1.165, 1.54) is 6.07 Å². The maximum Gasteiger partial charge on any atom is 0.340 e. The summed E-state index contributed by atoms with van der Waals surface area (Å²) in [6.07, 6.45) is 1.67. The molecular weight excluding hydrogens is 399 g/mol. The lowest BCUT2D eigenvalue weighted by atomic mass is 9.82. The third kappa shape index (κ3) is 2.84. The van der Waals surface area contributed by atoms with E-state index < -0.39 is 17.7 Å². The number of pyridine rings is 1. The molecular formula is C24H21FN2O4. The number of esters is 1. The van der Waals surface area contributed by atoms with E-state index in [0.717, 1.165) is 29.3 Å². The van der Waals surface area contributed by atoms with Gasteiger partial charge in [-0.25, -0.2) is 9.18 Å². The van der Waals surface area contributed by atoms with E-state index in [2.05, 4.69) is 0 Å². The zero-order valence-corrected chi connectivity index (χ0v) is 17.0. The molecule has 2 aromatic carbocycles. The molecule has 0 spiro atoms. The molecule has 5 rings (SSSR count). The molecule has 0 aliphatic carbocycles. The number of para-hydroxylation sites is 1. The molecule has 1 atom stereocenters. The molecule has 2 aliphatic rings. The van der Waals surface area contributed by atoms with Crippen LogP contribution in [0.15, 0.2) is 58.7 Å². The molecule has 0 amide bonds. The van der Waals surface area contributed by atoms with E-state index in [-0.39, 0.29) is 40.5 Å². The van der Waals surface area contributed by atoms with Gasteiger partial charge in [-0.05, 0) is 37.5 Å². The molecule has 7 heteroatoms. The Balaban J connectivity index is 1.89. The van der Waals surface area contributed by atoms with Gasteiger partial charge in [0.15, 0.2) is 0 Å². The standard InChI is InChI=1S/C24H21FN2O4/c1-2-30-24(29)19-17(14-9-3-4-11-16(14)25)18-21(31-22(19)26)15-10-5-7-13-8-6-12-27(20(13)15)23(18)28/h3-5,7,9-11,17H,2,6,8,12,26H2,1H3. The van der Waals surface area contributed by atoms with Crippen molar-refractivity contribution in [3.05, 3.63) is 86.8 Å². The van der Waals surface area contributed by atoms with Crippen molar-refractivity contribution in [3.8, 4) is 5.75 Å². The fourth-order valence-corrected chi connectivity index (χ4v) is 4.69. The zero-order chi connectivity index (χ0) is 21.7. The summed E-state index contributed by atoms with van der Waals surface area (Å²) in [6, 6.07) is 11.8.